The average Bonchev–Trinajstić information content (AvgIpc) is 2.53. The molecule has 3 aromatic rings. The first-order valence-electron chi connectivity index (χ1n) is 7.01. The summed E-state index contributed by atoms with van der Waals surface area (Å²) in [4.78, 5) is 12.4. The summed E-state index contributed by atoms with van der Waals surface area (Å²) in [5.41, 5.74) is 0.384. The SMILES string of the molecule is CC(=N)Nc1ccc2oc(-c3ccc(O)c(O)c3)c(O)c(=O)c2c1.Cl. The van der Waals surface area contributed by atoms with E-state index in [4.69, 9.17) is 9.83 Å². The van der Waals surface area contributed by atoms with Gasteiger partial charge < -0.3 is 25.1 Å². The van der Waals surface area contributed by atoms with Crippen molar-refractivity contribution in [2.75, 3.05) is 5.32 Å². The molecule has 2 aromatic carbocycles. The number of aromatic hydroxyl groups is 3. The van der Waals surface area contributed by atoms with Crippen LogP contribution in [0.5, 0.6) is 17.2 Å². The van der Waals surface area contributed by atoms with Crippen molar-refractivity contribution in [3.8, 4) is 28.6 Å². The largest absolute Gasteiger partial charge is 0.504 e. The zero-order valence-corrected chi connectivity index (χ0v) is 13.8. The molecule has 25 heavy (non-hydrogen) atoms. The number of phenolic OH excluding ortho intramolecular Hbond substituents is 2. The maximum atomic E-state index is 12.4. The Hall–Kier alpha value is -3.19. The van der Waals surface area contributed by atoms with Crippen LogP contribution in [-0.2, 0) is 0 Å². The molecule has 0 radical (unpaired) electrons. The van der Waals surface area contributed by atoms with Gasteiger partial charge in [-0.1, -0.05) is 0 Å². The number of phenols is 2. The van der Waals surface area contributed by atoms with Gasteiger partial charge in [-0.2, -0.15) is 0 Å². The molecule has 0 aliphatic carbocycles. The van der Waals surface area contributed by atoms with Crippen LogP contribution in [-0.4, -0.2) is 21.2 Å². The van der Waals surface area contributed by atoms with Crippen LogP contribution in [0.4, 0.5) is 5.69 Å². The summed E-state index contributed by atoms with van der Waals surface area (Å²) in [6, 6.07) is 8.50. The van der Waals surface area contributed by atoms with E-state index < -0.39 is 16.9 Å². The van der Waals surface area contributed by atoms with Crippen LogP contribution in [0.2, 0.25) is 0 Å². The van der Waals surface area contributed by atoms with Crippen LogP contribution >= 0.6 is 12.4 Å². The summed E-state index contributed by atoms with van der Waals surface area (Å²) in [6.07, 6.45) is 0. The molecular formula is C17H15ClN2O5. The molecule has 0 saturated heterocycles. The molecule has 1 aromatic heterocycles. The Bertz CT molecular complexity index is 1030. The smallest absolute Gasteiger partial charge is 0.235 e. The average molecular weight is 363 g/mol. The molecule has 1 heterocycles. The summed E-state index contributed by atoms with van der Waals surface area (Å²) in [5, 5.41) is 39.4. The van der Waals surface area contributed by atoms with E-state index in [-0.39, 0.29) is 46.3 Å². The summed E-state index contributed by atoms with van der Waals surface area (Å²) in [6.45, 7) is 1.56. The molecule has 0 spiro atoms. The molecule has 7 nitrogen and oxygen atoms in total. The first-order chi connectivity index (χ1) is 11.4. The summed E-state index contributed by atoms with van der Waals surface area (Å²) in [7, 11) is 0. The van der Waals surface area contributed by atoms with E-state index in [1.807, 2.05) is 0 Å². The lowest BCUT2D eigenvalue weighted by molar-refractivity contribution is 0.403. The molecule has 0 aliphatic heterocycles. The second-order valence-corrected chi connectivity index (χ2v) is 5.27. The molecule has 8 heteroatoms. The zero-order chi connectivity index (χ0) is 17.4. The standard InChI is InChI=1S/C17H14N2O5.ClH/c1-8(18)19-10-3-5-14-11(7-10)15(22)16(23)17(24-14)9-2-4-12(20)13(21)6-9;/h2-7,20-21,23H,1H3,(H2,18,19);1H. The third-order valence-electron chi connectivity index (χ3n) is 3.44. The van der Waals surface area contributed by atoms with Crippen molar-refractivity contribution in [2.24, 2.45) is 0 Å². The van der Waals surface area contributed by atoms with Gasteiger partial charge >= 0.3 is 0 Å². The molecule has 0 aliphatic rings. The van der Waals surface area contributed by atoms with Crippen LogP contribution in [0, 0.1) is 5.41 Å². The summed E-state index contributed by atoms with van der Waals surface area (Å²) >= 11 is 0. The second-order valence-electron chi connectivity index (χ2n) is 5.27. The van der Waals surface area contributed by atoms with Crippen molar-refractivity contribution >= 4 is 34.9 Å². The minimum atomic E-state index is -0.634. The van der Waals surface area contributed by atoms with E-state index >= 15 is 0 Å². The van der Waals surface area contributed by atoms with Gasteiger partial charge in [-0.25, -0.2) is 0 Å². The van der Waals surface area contributed by atoms with E-state index in [0.29, 0.717) is 5.69 Å². The maximum absolute atomic E-state index is 12.4. The minimum absolute atomic E-state index is 0. The number of rotatable bonds is 2. The molecule has 5 N–H and O–H groups in total. The third kappa shape index (κ3) is 3.36. The zero-order valence-electron chi connectivity index (χ0n) is 13.0. The quantitative estimate of drug-likeness (QED) is 0.270. The van der Waals surface area contributed by atoms with Gasteiger partial charge in [0, 0.05) is 11.3 Å². The predicted molar refractivity (Wildman–Crippen MR) is 97.2 cm³/mol. The van der Waals surface area contributed by atoms with E-state index in [1.165, 1.54) is 24.3 Å². The Kier molecular flexibility index (Phi) is 4.89. The van der Waals surface area contributed by atoms with Crippen molar-refractivity contribution in [1.29, 1.82) is 5.41 Å². The molecule has 0 saturated carbocycles. The van der Waals surface area contributed by atoms with Crippen molar-refractivity contribution in [3.05, 3.63) is 46.6 Å². The normalized spacial score (nSPS) is 10.3. The number of benzene rings is 2. The van der Waals surface area contributed by atoms with Crippen molar-refractivity contribution in [2.45, 2.75) is 6.92 Å². The van der Waals surface area contributed by atoms with Crippen LogP contribution in [0.25, 0.3) is 22.3 Å². The highest BCUT2D eigenvalue weighted by Gasteiger charge is 2.17. The number of anilines is 1. The fourth-order valence-corrected chi connectivity index (χ4v) is 2.34. The van der Waals surface area contributed by atoms with Gasteiger partial charge in [-0.15, -0.1) is 12.4 Å². The summed E-state index contributed by atoms with van der Waals surface area (Å²) in [5.74, 6) is -1.21. The fourth-order valence-electron chi connectivity index (χ4n) is 2.34. The summed E-state index contributed by atoms with van der Waals surface area (Å²) < 4.78 is 5.59. The Balaban J connectivity index is 0.00000225. The van der Waals surface area contributed by atoms with E-state index in [0.717, 1.165) is 0 Å². The number of amidine groups is 1. The van der Waals surface area contributed by atoms with Gasteiger partial charge in [0.25, 0.3) is 0 Å². The van der Waals surface area contributed by atoms with Crippen LogP contribution in [0.15, 0.2) is 45.6 Å². The lowest BCUT2D eigenvalue weighted by atomic mass is 10.1. The van der Waals surface area contributed by atoms with Crippen LogP contribution < -0.4 is 10.7 Å². The third-order valence-corrected chi connectivity index (χ3v) is 3.44. The molecule has 0 amide bonds. The van der Waals surface area contributed by atoms with E-state index in [9.17, 15) is 20.1 Å². The Morgan fingerprint density at radius 3 is 2.44 bits per heavy atom. The van der Waals surface area contributed by atoms with Gasteiger partial charge in [0.1, 0.15) is 5.58 Å². The van der Waals surface area contributed by atoms with Gasteiger partial charge in [-0.3, -0.25) is 10.2 Å². The number of nitrogens with one attached hydrogen (secondary N) is 2. The lowest BCUT2D eigenvalue weighted by Gasteiger charge is -2.09. The van der Waals surface area contributed by atoms with E-state index in [2.05, 4.69) is 5.32 Å². The Morgan fingerprint density at radius 1 is 1.08 bits per heavy atom. The molecule has 0 fully saturated rings. The number of fused-ring (bicyclic) bond motifs is 1. The number of hydrogen-bond donors (Lipinski definition) is 5. The molecule has 0 unspecified atom stereocenters. The van der Waals surface area contributed by atoms with Gasteiger partial charge in [0.05, 0.1) is 11.2 Å². The van der Waals surface area contributed by atoms with Crippen LogP contribution in [0.1, 0.15) is 6.92 Å². The van der Waals surface area contributed by atoms with Crippen molar-refractivity contribution in [1.82, 2.24) is 0 Å². The maximum Gasteiger partial charge on any atom is 0.235 e. The van der Waals surface area contributed by atoms with Gasteiger partial charge in [-0.05, 0) is 43.3 Å². The van der Waals surface area contributed by atoms with Crippen molar-refractivity contribution < 1.29 is 19.7 Å². The molecule has 0 atom stereocenters. The van der Waals surface area contributed by atoms with Gasteiger partial charge in [0.2, 0.25) is 11.2 Å². The topological polar surface area (TPSA) is 127 Å². The number of halogens is 1. The first-order valence-corrected chi connectivity index (χ1v) is 7.01. The monoisotopic (exact) mass is 362 g/mol. The second kappa shape index (κ2) is 6.74. The molecule has 0 bridgehead atoms. The highest BCUT2D eigenvalue weighted by atomic mass is 35.5. The lowest BCUT2D eigenvalue weighted by Crippen LogP contribution is -2.07. The predicted octanol–water partition coefficient (Wildman–Crippen LogP) is 3.41. The molecule has 130 valence electrons. The molecular weight excluding hydrogens is 348 g/mol. The molecule has 3 rings (SSSR count). The highest BCUT2D eigenvalue weighted by molar-refractivity contribution is 5.94. The highest BCUT2D eigenvalue weighted by Crippen LogP contribution is 2.35. The number of hydrogen-bond acceptors (Lipinski definition) is 6. The Labute approximate surface area is 148 Å². The van der Waals surface area contributed by atoms with Gasteiger partial charge in [0.15, 0.2) is 17.3 Å². The fraction of sp³-hybridized carbons (Fsp3) is 0.0588. The Morgan fingerprint density at radius 2 is 1.80 bits per heavy atom. The van der Waals surface area contributed by atoms with Crippen molar-refractivity contribution in [3.63, 3.8) is 0 Å². The minimum Gasteiger partial charge on any atom is -0.504 e. The first kappa shape index (κ1) is 18.2. The van der Waals surface area contributed by atoms with Crippen LogP contribution in [0.3, 0.4) is 0 Å². The van der Waals surface area contributed by atoms with E-state index in [1.54, 1.807) is 19.1 Å².